The average molecular weight is 301 g/mol. The predicted molar refractivity (Wildman–Crippen MR) is 94.3 cm³/mol. The normalized spacial score (nSPS) is 12.8. The number of aryl methyl sites for hydroxylation is 1. The van der Waals surface area contributed by atoms with E-state index in [1.54, 1.807) is 0 Å². The Morgan fingerprint density at radius 2 is 1.76 bits per heavy atom. The van der Waals surface area contributed by atoms with Crippen LogP contribution in [-0.4, -0.2) is 6.54 Å². The molecule has 2 heteroatoms. The van der Waals surface area contributed by atoms with Gasteiger partial charge < -0.3 is 5.32 Å². The van der Waals surface area contributed by atoms with E-state index in [0.717, 1.165) is 19.4 Å². The Morgan fingerprint density at radius 1 is 1.05 bits per heavy atom. The Kier molecular flexibility index (Phi) is 6.01. The summed E-state index contributed by atoms with van der Waals surface area (Å²) in [7, 11) is 0. The standard InChI is InChI=1S/C19H27NS/c1-5-16-11-12-21-19(16)18(20-6-2)13-15-7-9-17(10-8-15)14(3)4/h7-12,14,18,20H,5-6,13H2,1-4H3. The Labute approximate surface area is 133 Å². The van der Waals surface area contributed by atoms with Gasteiger partial charge in [0.05, 0.1) is 0 Å². The lowest BCUT2D eigenvalue weighted by Crippen LogP contribution is -2.23. The third kappa shape index (κ3) is 4.18. The van der Waals surface area contributed by atoms with Crippen LogP contribution in [-0.2, 0) is 12.8 Å². The molecule has 1 atom stereocenters. The van der Waals surface area contributed by atoms with E-state index in [1.165, 1.54) is 21.6 Å². The molecule has 0 saturated heterocycles. The highest BCUT2D eigenvalue weighted by Gasteiger charge is 2.16. The van der Waals surface area contributed by atoms with Crippen LogP contribution in [0.1, 0.15) is 61.2 Å². The highest BCUT2D eigenvalue weighted by Crippen LogP contribution is 2.28. The van der Waals surface area contributed by atoms with Gasteiger partial charge in [-0.2, -0.15) is 0 Å². The molecule has 0 aliphatic rings. The molecule has 0 aliphatic carbocycles. The largest absolute Gasteiger partial charge is 0.309 e. The zero-order chi connectivity index (χ0) is 15.2. The van der Waals surface area contributed by atoms with E-state index in [0.29, 0.717) is 12.0 Å². The van der Waals surface area contributed by atoms with E-state index in [4.69, 9.17) is 0 Å². The van der Waals surface area contributed by atoms with Crippen LogP contribution >= 0.6 is 11.3 Å². The molecule has 0 aliphatic heterocycles. The average Bonchev–Trinajstić information content (AvgIpc) is 2.95. The van der Waals surface area contributed by atoms with E-state index in [-0.39, 0.29) is 0 Å². The first-order valence-electron chi connectivity index (χ1n) is 8.04. The summed E-state index contributed by atoms with van der Waals surface area (Å²) in [5, 5.41) is 5.88. The number of nitrogens with one attached hydrogen (secondary N) is 1. The zero-order valence-electron chi connectivity index (χ0n) is 13.6. The fourth-order valence-corrected chi connectivity index (χ4v) is 3.80. The summed E-state index contributed by atoms with van der Waals surface area (Å²) in [6.07, 6.45) is 2.19. The highest BCUT2D eigenvalue weighted by molar-refractivity contribution is 7.10. The van der Waals surface area contributed by atoms with Crippen LogP contribution in [0.2, 0.25) is 0 Å². The van der Waals surface area contributed by atoms with Crippen molar-refractivity contribution in [1.82, 2.24) is 5.32 Å². The summed E-state index contributed by atoms with van der Waals surface area (Å²) in [6, 6.07) is 11.8. The van der Waals surface area contributed by atoms with E-state index in [9.17, 15) is 0 Å². The van der Waals surface area contributed by atoms with Crippen molar-refractivity contribution >= 4 is 11.3 Å². The molecule has 0 radical (unpaired) electrons. The van der Waals surface area contributed by atoms with Gasteiger partial charge in [-0.3, -0.25) is 0 Å². The Hall–Kier alpha value is -1.12. The van der Waals surface area contributed by atoms with Crippen LogP contribution in [0.25, 0.3) is 0 Å². The molecular formula is C19H27NS. The molecule has 1 aromatic heterocycles. The lowest BCUT2D eigenvalue weighted by molar-refractivity contribution is 0.554. The Morgan fingerprint density at radius 3 is 2.33 bits per heavy atom. The van der Waals surface area contributed by atoms with Crippen molar-refractivity contribution in [3.05, 3.63) is 57.3 Å². The van der Waals surface area contributed by atoms with Gasteiger partial charge in [0, 0.05) is 10.9 Å². The van der Waals surface area contributed by atoms with E-state index in [2.05, 4.69) is 68.7 Å². The molecule has 1 heterocycles. The maximum atomic E-state index is 3.66. The molecule has 1 unspecified atom stereocenters. The Bertz CT molecular complexity index is 539. The quantitative estimate of drug-likeness (QED) is 0.729. The number of likely N-dealkylation sites (N-methyl/N-ethyl adjacent to an activating group) is 1. The second-order valence-corrected chi connectivity index (χ2v) is 6.82. The number of benzene rings is 1. The lowest BCUT2D eigenvalue weighted by Gasteiger charge is -2.19. The minimum Gasteiger partial charge on any atom is -0.309 e. The molecule has 1 N–H and O–H groups in total. The van der Waals surface area contributed by atoms with E-state index < -0.39 is 0 Å². The number of hydrogen-bond donors (Lipinski definition) is 1. The fraction of sp³-hybridized carbons (Fsp3) is 0.474. The van der Waals surface area contributed by atoms with Crippen LogP contribution < -0.4 is 5.32 Å². The van der Waals surface area contributed by atoms with Gasteiger partial charge in [0.1, 0.15) is 0 Å². The summed E-state index contributed by atoms with van der Waals surface area (Å²) < 4.78 is 0. The van der Waals surface area contributed by atoms with Gasteiger partial charge in [-0.1, -0.05) is 52.0 Å². The smallest absolute Gasteiger partial charge is 0.0458 e. The van der Waals surface area contributed by atoms with Crippen molar-refractivity contribution < 1.29 is 0 Å². The van der Waals surface area contributed by atoms with Crippen molar-refractivity contribution in [3.63, 3.8) is 0 Å². The highest BCUT2D eigenvalue weighted by atomic mass is 32.1. The molecular weight excluding hydrogens is 274 g/mol. The van der Waals surface area contributed by atoms with Crippen LogP contribution in [0, 0.1) is 0 Å². The van der Waals surface area contributed by atoms with Gasteiger partial charge in [0.15, 0.2) is 0 Å². The predicted octanol–water partition coefficient (Wildman–Crippen LogP) is 5.33. The molecule has 21 heavy (non-hydrogen) atoms. The summed E-state index contributed by atoms with van der Waals surface area (Å²) in [6.45, 7) is 9.93. The van der Waals surface area contributed by atoms with Gasteiger partial charge >= 0.3 is 0 Å². The summed E-state index contributed by atoms with van der Waals surface area (Å²) >= 11 is 1.89. The number of hydrogen-bond acceptors (Lipinski definition) is 2. The van der Waals surface area contributed by atoms with Crippen molar-refractivity contribution in [2.45, 2.75) is 52.5 Å². The topological polar surface area (TPSA) is 12.0 Å². The molecule has 1 nitrogen and oxygen atoms in total. The monoisotopic (exact) mass is 301 g/mol. The molecule has 1 aromatic carbocycles. The van der Waals surface area contributed by atoms with Crippen LogP contribution in [0.4, 0.5) is 0 Å². The lowest BCUT2D eigenvalue weighted by atomic mass is 9.97. The summed E-state index contributed by atoms with van der Waals surface area (Å²) in [4.78, 5) is 1.51. The fourth-order valence-electron chi connectivity index (χ4n) is 2.72. The molecule has 2 aromatic rings. The maximum absolute atomic E-state index is 3.66. The van der Waals surface area contributed by atoms with Crippen LogP contribution in [0.15, 0.2) is 35.7 Å². The number of thiophene rings is 1. The number of rotatable bonds is 7. The minimum atomic E-state index is 0.440. The minimum absolute atomic E-state index is 0.440. The summed E-state index contributed by atoms with van der Waals surface area (Å²) in [5.41, 5.74) is 4.33. The zero-order valence-corrected chi connectivity index (χ0v) is 14.5. The second kappa shape index (κ2) is 7.77. The SMILES string of the molecule is CCNC(Cc1ccc(C(C)C)cc1)c1sccc1CC. The third-order valence-electron chi connectivity index (χ3n) is 4.01. The molecule has 0 amide bonds. The Balaban J connectivity index is 2.16. The molecule has 114 valence electrons. The summed E-state index contributed by atoms with van der Waals surface area (Å²) in [5.74, 6) is 0.604. The van der Waals surface area contributed by atoms with Crippen molar-refractivity contribution in [1.29, 1.82) is 0 Å². The van der Waals surface area contributed by atoms with E-state index >= 15 is 0 Å². The van der Waals surface area contributed by atoms with Gasteiger partial charge in [-0.25, -0.2) is 0 Å². The van der Waals surface area contributed by atoms with Gasteiger partial charge in [-0.05, 0) is 53.4 Å². The van der Waals surface area contributed by atoms with Crippen molar-refractivity contribution in [3.8, 4) is 0 Å². The van der Waals surface area contributed by atoms with Crippen molar-refractivity contribution in [2.24, 2.45) is 0 Å². The molecule has 0 bridgehead atoms. The maximum Gasteiger partial charge on any atom is 0.0458 e. The van der Waals surface area contributed by atoms with Gasteiger partial charge in [0.25, 0.3) is 0 Å². The first-order chi connectivity index (χ1) is 10.2. The molecule has 0 fully saturated rings. The first-order valence-corrected chi connectivity index (χ1v) is 8.92. The molecule has 0 saturated carbocycles. The van der Waals surface area contributed by atoms with Gasteiger partial charge in [0.2, 0.25) is 0 Å². The molecule has 0 spiro atoms. The molecule has 2 rings (SSSR count). The third-order valence-corrected chi connectivity index (χ3v) is 5.09. The van der Waals surface area contributed by atoms with Crippen LogP contribution in [0.5, 0.6) is 0 Å². The van der Waals surface area contributed by atoms with E-state index in [1.807, 2.05) is 11.3 Å². The van der Waals surface area contributed by atoms with Crippen molar-refractivity contribution in [2.75, 3.05) is 6.54 Å². The second-order valence-electron chi connectivity index (χ2n) is 5.87. The van der Waals surface area contributed by atoms with Gasteiger partial charge in [-0.15, -0.1) is 11.3 Å². The van der Waals surface area contributed by atoms with Crippen LogP contribution in [0.3, 0.4) is 0 Å². The first kappa shape index (κ1) is 16.3.